The molecule has 1 saturated carbocycles. The molecule has 1 aliphatic heterocycles. The summed E-state index contributed by atoms with van der Waals surface area (Å²) in [5.41, 5.74) is -3.27. The third-order valence-electron chi connectivity index (χ3n) is 3.27. The first-order valence-corrected chi connectivity index (χ1v) is 8.54. The van der Waals surface area contributed by atoms with Gasteiger partial charge in [0, 0.05) is 16.5 Å². The zero-order valence-corrected chi connectivity index (χ0v) is 14.1. The van der Waals surface area contributed by atoms with Crippen molar-refractivity contribution >= 4 is 31.6 Å². The summed E-state index contributed by atoms with van der Waals surface area (Å²) in [6.45, 7) is 0. The summed E-state index contributed by atoms with van der Waals surface area (Å²) in [7, 11) is -3.13. The van der Waals surface area contributed by atoms with Gasteiger partial charge in [-0.3, -0.25) is 9.88 Å². The van der Waals surface area contributed by atoms with Gasteiger partial charge in [0.05, 0.1) is 5.69 Å². The van der Waals surface area contributed by atoms with Gasteiger partial charge in [-0.2, -0.15) is 13.2 Å². The average molecular weight is 398 g/mol. The Labute approximate surface area is 145 Å². The van der Waals surface area contributed by atoms with Crippen molar-refractivity contribution in [2.45, 2.75) is 24.6 Å². The van der Waals surface area contributed by atoms with E-state index in [4.69, 9.17) is 26.0 Å². The van der Waals surface area contributed by atoms with Crippen molar-refractivity contribution in [3.63, 3.8) is 0 Å². The number of benzene rings is 1. The molecule has 136 valence electrons. The minimum Gasteiger partial charge on any atom is -0.415 e. The highest BCUT2D eigenvalue weighted by molar-refractivity contribution is 7.30. The van der Waals surface area contributed by atoms with E-state index in [0.717, 1.165) is 18.9 Å². The van der Waals surface area contributed by atoms with Crippen LogP contribution >= 0.6 is 19.9 Å². The van der Waals surface area contributed by atoms with Crippen LogP contribution in [0, 0.1) is 17.8 Å². The van der Waals surface area contributed by atoms with E-state index in [1.807, 2.05) is 0 Å². The number of anilines is 1. The van der Waals surface area contributed by atoms with Crippen molar-refractivity contribution < 1.29 is 37.1 Å². The lowest BCUT2D eigenvalue weighted by Crippen LogP contribution is -2.49. The van der Waals surface area contributed by atoms with E-state index >= 15 is 0 Å². The number of carbonyl (C=O) groups is 1. The van der Waals surface area contributed by atoms with Crippen molar-refractivity contribution in [2.75, 3.05) is 5.32 Å². The van der Waals surface area contributed by atoms with Crippen LogP contribution in [0.5, 0.6) is 0 Å². The molecule has 3 rings (SSSR count). The van der Waals surface area contributed by atoms with Gasteiger partial charge in [0.2, 0.25) is 0 Å². The number of fused-ring (bicyclic) bond motifs is 1. The fraction of sp³-hybridized carbons (Fsp3) is 0.357. The molecule has 11 heteroatoms. The molecular weight excluding hydrogens is 386 g/mol. The summed E-state index contributed by atoms with van der Waals surface area (Å²) < 4.78 is 54.1. The van der Waals surface area contributed by atoms with Gasteiger partial charge < -0.3 is 14.5 Å². The molecule has 0 radical (unpaired) electrons. The largest absolute Gasteiger partial charge is 0.445 e. The Bertz CT molecular complexity index is 768. The lowest BCUT2D eigenvalue weighted by molar-refractivity contribution is -0.239. The predicted molar refractivity (Wildman–Crippen MR) is 83.2 cm³/mol. The van der Waals surface area contributed by atoms with Crippen molar-refractivity contribution in [1.29, 1.82) is 0 Å². The number of hydrogen-bond donors (Lipinski definition) is 3. The zero-order chi connectivity index (χ0) is 18.8. The fourth-order valence-corrected chi connectivity index (χ4v) is 2.22. The van der Waals surface area contributed by atoms with Crippen LogP contribution in [-0.4, -0.2) is 22.1 Å². The number of carbonyl (C=O) groups excluding carboxylic acids is 1. The maximum atomic E-state index is 13.6. The molecule has 1 aromatic carbocycles. The average Bonchev–Trinajstić information content (AvgIpc) is 3.27. The topological polar surface area (TPSA) is 95.9 Å². The van der Waals surface area contributed by atoms with Crippen molar-refractivity contribution in [3.8, 4) is 11.8 Å². The molecule has 6 nitrogen and oxygen atoms in total. The van der Waals surface area contributed by atoms with Crippen LogP contribution in [0.25, 0.3) is 0 Å². The molecule has 0 saturated heterocycles. The summed E-state index contributed by atoms with van der Waals surface area (Å²) in [4.78, 5) is 25.8. The molecule has 1 fully saturated rings. The molecule has 1 heterocycles. The Morgan fingerprint density at radius 3 is 2.48 bits per heavy atom. The molecule has 1 aromatic rings. The highest BCUT2D eigenvalue weighted by atomic mass is 35.5. The van der Waals surface area contributed by atoms with Gasteiger partial charge in [-0.1, -0.05) is 17.5 Å². The smallest absolute Gasteiger partial charge is 0.415 e. The van der Waals surface area contributed by atoms with Gasteiger partial charge in [-0.15, -0.1) is 0 Å². The lowest BCUT2D eigenvalue weighted by Gasteiger charge is -2.35. The number of hydrogen-bond acceptors (Lipinski definition) is 3. The number of amides is 1. The quantitative estimate of drug-likeness (QED) is 0.460. The zero-order valence-electron chi connectivity index (χ0n) is 12.4. The second-order valence-corrected chi connectivity index (χ2v) is 6.21. The van der Waals surface area contributed by atoms with E-state index in [1.165, 1.54) is 12.1 Å². The third-order valence-corrected chi connectivity index (χ3v) is 3.51. The molecule has 1 amide bonds. The van der Waals surface area contributed by atoms with Gasteiger partial charge in [-0.25, -0.2) is 4.79 Å². The second kappa shape index (κ2) is 7.26. The summed E-state index contributed by atoms with van der Waals surface area (Å²) in [6, 6.07) is 3.81. The third kappa shape index (κ3) is 4.67. The minimum absolute atomic E-state index is 0.00179. The molecule has 0 bridgehead atoms. The molecule has 0 unspecified atom stereocenters. The van der Waals surface area contributed by atoms with Gasteiger partial charge in [0.25, 0.3) is 5.60 Å². The maximum Gasteiger partial charge on any atom is 0.445 e. The van der Waals surface area contributed by atoms with Crippen LogP contribution in [0.3, 0.4) is 0 Å². The first-order valence-electron chi connectivity index (χ1n) is 6.86. The maximum absolute atomic E-state index is 13.6. The van der Waals surface area contributed by atoms with Crippen molar-refractivity contribution in [2.24, 2.45) is 5.92 Å². The van der Waals surface area contributed by atoms with Crippen LogP contribution in [0.1, 0.15) is 18.4 Å². The first-order chi connectivity index (χ1) is 11.5. The van der Waals surface area contributed by atoms with E-state index in [0.29, 0.717) is 0 Å². The van der Waals surface area contributed by atoms with E-state index in [2.05, 4.69) is 21.9 Å². The SMILES string of the molecule is O=C1Nc2ccc(Cl)cc2[C@@](C#CC2CC2)(C(F)(F)F)O1.O=[PH](O)O. The second-order valence-electron chi connectivity index (χ2n) is 5.21. The summed E-state index contributed by atoms with van der Waals surface area (Å²) in [5, 5.41) is 2.34. The van der Waals surface area contributed by atoms with Gasteiger partial charge >= 0.3 is 20.5 Å². The molecule has 2 aliphatic rings. The van der Waals surface area contributed by atoms with Crippen LogP contribution < -0.4 is 5.32 Å². The lowest BCUT2D eigenvalue weighted by atomic mass is 9.90. The number of ether oxygens (including phenoxy) is 1. The molecule has 0 aromatic heterocycles. The Hall–Kier alpha value is -1.72. The number of cyclic esters (lactones) is 1. The Morgan fingerprint density at radius 2 is 1.96 bits per heavy atom. The number of nitrogens with one attached hydrogen (secondary N) is 1. The van der Waals surface area contributed by atoms with Crippen molar-refractivity contribution in [3.05, 3.63) is 28.8 Å². The van der Waals surface area contributed by atoms with Gasteiger partial charge in [0.1, 0.15) is 0 Å². The Kier molecular flexibility index (Phi) is 5.69. The van der Waals surface area contributed by atoms with Crippen LogP contribution in [0.2, 0.25) is 5.02 Å². The van der Waals surface area contributed by atoms with E-state index in [9.17, 15) is 18.0 Å². The van der Waals surface area contributed by atoms with Crippen LogP contribution in [-0.2, 0) is 14.9 Å². The van der Waals surface area contributed by atoms with Gasteiger partial charge in [-0.05, 0) is 37.0 Å². The Balaban J connectivity index is 0.000000511. The van der Waals surface area contributed by atoms with E-state index < -0.39 is 26.1 Å². The molecular formula is C14H12ClF3NO5P. The standard InChI is InChI=1S/C14H9ClF3NO2.H3O3P/c15-9-3-4-11-10(7-9)13(14(16,17)18,21-12(20)19-11)6-5-8-1-2-8;1-4(2)3/h3-4,7-8H,1-2H2,(H,19,20);4H,(H2,1,2,3)/t13-;/m0./s1. The van der Waals surface area contributed by atoms with Crippen LogP contribution in [0.4, 0.5) is 23.7 Å². The van der Waals surface area contributed by atoms with Gasteiger partial charge in [0.15, 0.2) is 0 Å². The predicted octanol–water partition coefficient (Wildman–Crippen LogP) is 3.43. The monoisotopic (exact) mass is 397 g/mol. The molecule has 0 spiro atoms. The number of alkyl halides is 3. The molecule has 1 aliphatic carbocycles. The van der Waals surface area contributed by atoms with Crippen molar-refractivity contribution in [1.82, 2.24) is 0 Å². The molecule has 3 N–H and O–H groups in total. The summed E-state index contributed by atoms with van der Waals surface area (Å²) >= 11 is 5.78. The normalized spacial score (nSPS) is 21.8. The highest BCUT2D eigenvalue weighted by Crippen LogP contribution is 2.48. The number of rotatable bonds is 0. The molecule has 1 atom stereocenters. The Morgan fingerprint density at radius 1 is 1.36 bits per heavy atom. The van der Waals surface area contributed by atoms with E-state index in [1.54, 1.807) is 0 Å². The van der Waals surface area contributed by atoms with Crippen LogP contribution in [0.15, 0.2) is 18.2 Å². The number of halogens is 4. The fourth-order valence-electron chi connectivity index (χ4n) is 2.05. The minimum atomic E-state index is -4.87. The molecule has 25 heavy (non-hydrogen) atoms. The highest BCUT2D eigenvalue weighted by Gasteiger charge is 2.62. The summed E-state index contributed by atoms with van der Waals surface area (Å²) in [5.74, 6) is 4.60. The summed E-state index contributed by atoms with van der Waals surface area (Å²) in [6.07, 6.45) is -4.54. The first kappa shape index (κ1) is 19.6. The van der Waals surface area contributed by atoms with E-state index in [-0.39, 0.29) is 22.2 Å².